The van der Waals surface area contributed by atoms with Crippen LogP contribution < -0.4 is 0 Å². The van der Waals surface area contributed by atoms with Crippen molar-refractivity contribution in [3.8, 4) is 11.4 Å². The number of aromatic nitrogens is 3. The Morgan fingerprint density at radius 1 is 1.11 bits per heavy atom. The summed E-state index contributed by atoms with van der Waals surface area (Å²) in [7, 11) is 1.99. The highest BCUT2D eigenvalue weighted by molar-refractivity contribution is 6.33. The van der Waals surface area contributed by atoms with Crippen LogP contribution in [0.5, 0.6) is 0 Å². The van der Waals surface area contributed by atoms with E-state index in [0.29, 0.717) is 16.9 Å². The molecule has 0 aliphatic rings. The first-order chi connectivity index (χ1) is 8.52. The molecule has 2 aromatic rings. The Kier molecular flexibility index (Phi) is 3.71. The van der Waals surface area contributed by atoms with E-state index in [9.17, 15) is 0 Å². The second kappa shape index (κ2) is 5.11. The first-order valence-electron chi connectivity index (χ1n) is 6.16. The van der Waals surface area contributed by atoms with Crippen molar-refractivity contribution in [2.24, 2.45) is 13.0 Å². The molecule has 1 heterocycles. The second-order valence-corrected chi connectivity index (χ2v) is 5.36. The first kappa shape index (κ1) is 13.1. The third-order valence-electron chi connectivity index (χ3n) is 3.43. The predicted octanol–water partition coefficient (Wildman–Crippen LogP) is 3.90. The van der Waals surface area contributed by atoms with Crippen molar-refractivity contribution in [1.82, 2.24) is 14.8 Å². The Morgan fingerprint density at radius 3 is 2.39 bits per heavy atom. The SMILES string of the molecule is CC(C)C(C)c1nnc(-c2ccccc2Cl)n1C. The van der Waals surface area contributed by atoms with Crippen LogP contribution in [0.15, 0.2) is 24.3 Å². The van der Waals surface area contributed by atoms with Gasteiger partial charge in [-0.2, -0.15) is 0 Å². The smallest absolute Gasteiger partial charge is 0.165 e. The fourth-order valence-electron chi connectivity index (χ4n) is 1.91. The molecule has 0 bridgehead atoms. The minimum atomic E-state index is 0.374. The molecule has 1 aromatic heterocycles. The van der Waals surface area contributed by atoms with Crippen molar-refractivity contribution < 1.29 is 0 Å². The summed E-state index contributed by atoms with van der Waals surface area (Å²) in [4.78, 5) is 0. The zero-order chi connectivity index (χ0) is 13.3. The van der Waals surface area contributed by atoms with E-state index < -0.39 is 0 Å². The largest absolute Gasteiger partial charge is 0.314 e. The third kappa shape index (κ3) is 2.27. The summed E-state index contributed by atoms with van der Waals surface area (Å²) in [5.74, 6) is 2.73. The molecular formula is C14H18ClN3. The zero-order valence-corrected chi connectivity index (χ0v) is 11.9. The summed E-state index contributed by atoms with van der Waals surface area (Å²) >= 11 is 6.20. The van der Waals surface area contributed by atoms with Crippen molar-refractivity contribution in [1.29, 1.82) is 0 Å². The van der Waals surface area contributed by atoms with Crippen LogP contribution in [0.1, 0.15) is 32.5 Å². The molecule has 0 fully saturated rings. The van der Waals surface area contributed by atoms with E-state index in [1.807, 2.05) is 35.9 Å². The van der Waals surface area contributed by atoms with E-state index in [1.54, 1.807) is 0 Å². The summed E-state index contributed by atoms with van der Waals surface area (Å²) in [6, 6.07) is 7.72. The van der Waals surface area contributed by atoms with E-state index in [4.69, 9.17) is 11.6 Å². The zero-order valence-electron chi connectivity index (χ0n) is 11.2. The van der Waals surface area contributed by atoms with Gasteiger partial charge in [0.05, 0.1) is 5.02 Å². The highest BCUT2D eigenvalue weighted by atomic mass is 35.5. The van der Waals surface area contributed by atoms with Crippen LogP contribution in [-0.4, -0.2) is 14.8 Å². The molecule has 0 saturated heterocycles. The van der Waals surface area contributed by atoms with Gasteiger partial charge in [-0.05, 0) is 18.1 Å². The lowest BCUT2D eigenvalue weighted by molar-refractivity contribution is 0.496. The van der Waals surface area contributed by atoms with Gasteiger partial charge in [-0.3, -0.25) is 0 Å². The van der Waals surface area contributed by atoms with E-state index in [1.165, 1.54) is 0 Å². The number of benzene rings is 1. The topological polar surface area (TPSA) is 30.7 Å². The Bertz CT molecular complexity index is 546. The van der Waals surface area contributed by atoms with Crippen molar-refractivity contribution in [2.75, 3.05) is 0 Å². The lowest BCUT2D eigenvalue weighted by Gasteiger charge is -2.14. The van der Waals surface area contributed by atoms with Crippen molar-refractivity contribution in [2.45, 2.75) is 26.7 Å². The fourth-order valence-corrected chi connectivity index (χ4v) is 2.13. The number of hydrogen-bond donors (Lipinski definition) is 0. The second-order valence-electron chi connectivity index (χ2n) is 4.95. The molecule has 0 saturated carbocycles. The minimum Gasteiger partial charge on any atom is -0.314 e. The summed E-state index contributed by atoms with van der Waals surface area (Å²) in [5.41, 5.74) is 0.927. The number of rotatable bonds is 3. The lowest BCUT2D eigenvalue weighted by Crippen LogP contribution is -2.09. The van der Waals surface area contributed by atoms with Gasteiger partial charge in [0.15, 0.2) is 5.82 Å². The van der Waals surface area contributed by atoms with Gasteiger partial charge in [0.25, 0.3) is 0 Å². The van der Waals surface area contributed by atoms with Gasteiger partial charge >= 0.3 is 0 Å². The number of halogens is 1. The van der Waals surface area contributed by atoms with E-state index in [2.05, 4.69) is 31.0 Å². The van der Waals surface area contributed by atoms with Gasteiger partial charge in [-0.1, -0.05) is 44.5 Å². The van der Waals surface area contributed by atoms with Crippen LogP contribution in [0.4, 0.5) is 0 Å². The summed E-state index contributed by atoms with van der Waals surface area (Å²) in [5, 5.41) is 9.29. The lowest BCUT2D eigenvalue weighted by atomic mass is 9.97. The maximum Gasteiger partial charge on any atom is 0.165 e. The van der Waals surface area contributed by atoms with Crippen LogP contribution in [0, 0.1) is 5.92 Å². The van der Waals surface area contributed by atoms with Gasteiger partial charge in [0.1, 0.15) is 5.82 Å². The fraction of sp³-hybridized carbons (Fsp3) is 0.429. The maximum atomic E-state index is 6.20. The van der Waals surface area contributed by atoms with E-state index in [0.717, 1.165) is 17.2 Å². The molecule has 2 rings (SSSR count). The quantitative estimate of drug-likeness (QED) is 0.841. The average molecular weight is 264 g/mol. The summed E-state index contributed by atoms with van der Waals surface area (Å²) in [6.07, 6.45) is 0. The molecule has 0 aliphatic heterocycles. The molecule has 1 atom stereocenters. The van der Waals surface area contributed by atoms with Crippen LogP contribution in [0.25, 0.3) is 11.4 Å². The maximum absolute atomic E-state index is 6.20. The third-order valence-corrected chi connectivity index (χ3v) is 3.76. The van der Waals surface area contributed by atoms with Gasteiger partial charge in [-0.15, -0.1) is 10.2 Å². The highest BCUT2D eigenvalue weighted by Crippen LogP contribution is 2.29. The molecule has 96 valence electrons. The van der Waals surface area contributed by atoms with Crippen LogP contribution in [-0.2, 0) is 7.05 Å². The Hall–Kier alpha value is -1.35. The molecule has 1 aromatic carbocycles. The summed E-state index contributed by atoms with van der Waals surface area (Å²) < 4.78 is 2.03. The Morgan fingerprint density at radius 2 is 1.78 bits per heavy atom. The molecule has 3 nitrogen and oxygen atoms in total. The molecule has 18 heavy (non-hydrogen) atoms. The Labute approximate surface area is 113 Å². The standard InChI is InChI=1S/C14H18ClN3/c1-9(2)10(3)13-16-17-14(18(13)4)11-7-5-6-8-12(11)15/h5-10H,1-4H3. The normalized spacial score (nSPS) is 13.0. The van der Waals surface area contributed by atoms with E-state index >= 15 is 0 Å². The molecule has 0 spiro atoms. The van der Waals surface area contributed by atoms with Gasteiger partial charge in [0.2, 0.25) is 0 Å². The van der Waals surface area contributed by atoms with Crippen molar-refractivity contribution in [3.63, 3.8) is 0 Å². The van der Waals surface area contributed by atoms with Crippen LogP contribution >= 0.6 is 11.6 Å². The monoisotopic (exact) mass is 263 g/mol. The number of nitrogens with zero attached hydrogens (tertiary/aromatic N) is 3. The molecule has 0 amide bonds. The molecule has 0 radical (unpaired) electrons. The van der Waals surface area contributed by atoms with Crippen molar-refractivity contribution in [3.05, 3.63) is 35.1 Å². The first-order valence-corrected chi connectivity index (χ1v) is 6.54. The van der Waals surface area contributed by atoms with E-state index in [-0.39, 0.29) is 0 Å². The van der Waals surface area contributed by atoms with Gasteiger partial charge in [0, 0.05) is 18.5 Å². The number of hydrogen-bond acceptors (Lipinski definition) is 2. The van der Waals surface area contributed by atoms with Crippen molar-refractivity contribution >= 4 is 11.6 Å². The molecule has 0 aliphatic carbocycles. The average Bonchev–Trinajstić information content (AvgIpc) is 2.71. The minimum absolute atomic E-state index is 0.374. The highest BCUT2D eigenvalue weighted by Gasteiger charge is 2.19. The van der Waals surface area contributed by atoms with Crippen LogP contribution in [0.3, 0.4) is 0 Å². The van der Waals surface area contributed by atoms with Gasteiger partial charge in [-0.25, -0.2) is 0 Å². The molecular weight excluding hydrogens is 246 g/mol. The van der Waals surface area contributed by atoms with Gasteiger partial charge < -0.3 is 4.57 Å². The van der Waals surface area contributed by atoms with Crippen LogP contribution in [0.2, 0.25) is 5.02 Å². The Balaban J connectivity index is 2.46. The molecule has 1 unspecified atom stereocenters. The molecule has 4 heteroatoms. The summed E-state index contributed by atoms with van der Waals surface area (Å²) in [6.45, 7) is 6.55. The molecule has 0 N–H and O–H groups in total. The predicted molar refractivity (Wildman–Crippen MR) is 74.7 cm³/mol.